The highest BCUT2D eigenvalue weighted by Crippen LogP contribution is 2.51. The molecule has 4 rings (SSSR count). The van der Waals surface area contributed by atoms with Crippen LogP contribution in [0.2, 0.25) is 8.67 Å². The molecule has 1 aromatic heterocycles. The van der Waals surface area contributed by atoms with Gasteiger partial charge in [0.25, 0.3) is 10.0 Å². The third-order valence-electron chi connectivity index (χ3n) is 6.87. The van der Waals surface area contributed by atoms with Gasteiger partial charge in [-0.1, -0.05) is 56.1 Å². The number of fused-ring (bicyclic) bond motifs is 2. The van der Waals surface area contributed by atoms with Crippen LogP contribution in [0.4, 0.5) is 18.9 Å². The molecule has 1 fully saturated rings. The van der Waals surface area contributed by atoms with Crippen LogP contribution in [-0.4, -0.2) is 45.7 Å². The number of piperidine rings is 1. The number of thiophene rings is 1. The van der Waals surface area contributed by atoms with E-state index in [4.69, 9.17) is 23.2 Å². The van der Waals surface area contributed by atoms with Gasteiger partial charge in [0.15, 0.2) is 0 Å². The zero-order valence-corrected chi connectivity index (χ0v) is 22.3. The summed E-state index contributed by atoms with van der Waals surface area (Å²) < 4.78 is 67.3. The number of nitrogens with zero attached hydrogens (tertiary/aromatic N) is 2. The van der Waals surface area contributed by atoms with Gasteiger partial charge in [0.2, 0.25) is 0 Å². The van der Waals surface area contributed by atoms with E-state index in [0.717, 1.165) is 22.5 Å². The maximum absolute atomic E-state index is 13.7. The molecule has 4 nitrogen and oxygen atoms in total. The molecule has 0 aliphatic carbocycles. The van der Waals surface area contributed by atoms with Crippen molar-refractivity contribution < 1.29 is 21.6 Å². The molecule has 2 aromatic rings. The van der Waals surface area contributed by atoms with Crippen molar-refractivity contribution in [3.05, 3.63) is 44.1 Å². The largest absolute Gasteiger partial charge is 0.390 e. The molecule has 0 bridgehead atoms. The molecule has 2 aliphatic rings. The number of hydrogen-bond donors (Lipinski definition) is 0. The van der Waals surface area contributed by atoms with Gasteiger partial charge in [0, 0.05) is 18.5 Å². The van der Waals surface area contributed by atoms with Crippen molar-refractivity contribution in [2.75, 3.05) is 30.5 Å². The number of benzene rings is 1. The Hall–Kier alpha value is -1.00. The molecule has 0 atom stereocenters. The average molecular weight is 556 g/mol. The molecule has 34 heavy (non-hydrogen) atoms. The van der Waals surface area contributed by atoms with Gasteiger partial charge in [0.05, 0.1) is 16.4 Å². The number of alkyl halides is 3. The fraction of sp³-hybridized carbons (Fsp3) is 0.565. The van der Waals surface area contributed by atoms with E-state index in [0.29, 0.717) is 36.0 Å². The summed E-state index contributed by atoms with van der Waals surface area (Å²) in [6.07, 6.45) is -3.88. The fourth-order valence-corrected chi connectivity index (χ4v) is 8.53. The summed E-state index contributed by atoms with van der Waals surface area (Å²) in [4.78, 5) is 1.80. The first-order valence-electron chi connectivity index (χ1n) is 11.0. The number of likely N-dealkylation sites (tertiary alicyclic amines) is 1. The van der Waals surface area contributed by atoms with Crippen LogP contribution in [0.1, 0.15) is 51.2 Å². The molecule has 1 saturated heterocycles. The summed E-state index contributed by atoms with van der Waals surface area (Å²) in [6.45, 7) is 7.43. The molecule has 1 spiro atoms. The van der Waals surface area contributed by atoms with Crippen molar-refractivity contribution in [1.82, 2.24) is 4.90 Å². The van der Waals surface area contributed by atoms with Crippen LogP contribution in [0.25, 0.3) is 0 Å². The molecule has 1 aromatic carbocycles. The van der Waals surface area contributed by atoms with Crippen molar-refractivity contribution in [3.8, 4) is 0 Å². The standard InChI is InChI=1S/C23H27Cl2F3N2O2S2/c1-21(2,3)15-4-5-17-16(12-15)22(6-9-29(10-7-22)11-8-23(26,27)28)14-30(17)34(31,32)18-13-19(24)33-20(18)25/h4-5,12-13H,6-11,14H2,1-3H3. The van der Waals surface area contributed by atoms with Gasteiger partial charge in [-0.05, 0) is 54.6 Å². The first kappa shape index (κ1) is 26.1. The van der Waals surface area contributed by atoms with Crippen LogP contribution in [0.5, 0.6) is 0 Å². The molecule has 0 saturated carbocycles. The van der Waals surface area contributed by atoms with E-state index >= 15 is 0 Å². The Morgan fingerprint density at radius 1 is 1.09 bits per heavy atom. The number of hydrogen-bond acceptors (Lipinski definition) is 4. The van der Waals surface area contributed by atoms with Gasteiger partial charge in [-0.2, -0.15) is 13.2 Å². The zero-order valence-electron chi connectivity index (χ0n) is 19.2. The molecule has 11 heteroatoms. The normalized spacial score (nSPS) is 19.1. The molecule has 0 radical (unpaired) electrons. The van der Waals surface area contributed by atoms with Gasteiger partial charge in [-0.15, -0.1) is 11.3 Å². The molecule has 0 amide bonds. The van der Waals surface area contributed by atoms with Crippen LogP contribution in [-0.2, 0) is 20.9 Å². The van der Waals surface area contributed by atoms with Crippen molar-refractivity contribution in [2.24, 2.45) is 0 Å². The summed E-state index contributed by atoms with van der Waals surface area (Å²) in [7, 11) is -3.96. The van der Waals surface area contributed by atoms with E-state index in [1.54, 1.807) is 0 Å². The highest BCUT2D eigenvalue weighted by atomic mass is 35.5. The minimum atomic E-state index is -4.19. The molecule has 0 N–H and O–H groups in total. The minimum Gasteiger partial charge on any atom is -0.303 e. The molecule has 3 heterocycles. The second kappa shape index (κ2) is 8.83. The van der Waals surface area contributed by atoms with Gasteiger partial charge in [0.1, 0.15) is 9.23 Å². The summed E-state index contributed by atoms with van der Waals surface area (Å²) in [6, 6.07) is 7.25. The van der Waals surface area contributed by atoms with Gasteiger partial charge < -0.3 is 4.90 Å². The Morgan fingerprint density at radius 2 is 1.74 bits per heavy atom. The Morgan fingerprint density at radius 3 is 2.26 bits per heavy atom. The fourth-order valence-electron chi connectivity index (χ4n) is 4.84. The van der Waals surface area contributed by atoms with Crippen molar-refractivity contribution >= 4 is 50.2 Å². The van der Waals surface area contributed by atoms with E-state index < -0.39 is 28.0 Å². The molecular formula is C23H27Cl2F3N2O2S2. The first-order valence-corrected chi connectivity index (χ1v) is 14.1. The topological polar surface area (TPSA) is 40.6 Å². The monoisotopic (exact) mass is 554 g/mol. The van der Waals surface area contributed by atoms with E-state index in [1.807, 2.05) is 17.0 Å². The van der Waals surface area contributed by atoms with Crippen LogP contribution in [0, 0.1) is 0 Å². The van der Waals surface area contributed by atoms with Crippen molar-refractivity contribution in [3.63, 3.8) is 0 Å². The highest BCUT2D eigenvalue weighted by Gasteiger charge is 2.49. The van der Waals surface area contributed by atoms with Crippen LogP contribution in [0.15, 0.2) is 29.2 Å². The smallest absolute Gasteiger partial charge is 0.303 e. The third kappa shape index (κ3) is 4.96. The van der Waals surface area contributed by atoms with E-state index in [-0.39, 0.29) is 27.7 Å². The third-order valence-corrected chi connectivity index (χ3v) is 10.4. The molecule has 2 aliphatic heterocycles. The van der Waals surface area contributed by atoms with Crippen LogP contribution >= 0.6 is 34.5 Å². The zero-order chi connectivity index (χ0) is 25.1. The summed E-state index contributed by atoms with van der Waals surface area (Å²) >= 11 is 13.3. The predicted molar refractivity (Wildman–Crippen MR) is 132 cm³/mol. The quantitative estimate of drug-likeness (QED) is 0.415. The number of sulfonamides is 1. The average Bonchev–Trinajstić information content (AvgIpc) is 3.24. The second-order valence-corrected chi connectivity index (χ2v) is 14.3. The maximum atomic E-state index is 13.7. The van der Waals surface area contributed by atoms with Gasteiger partial charge >= 0.3 is 6.18 Å². The van der Waals surface area contributed by atoms with E-state index in [9.17, 15) is 21.6 Å². The number of anilines is 1. The van der Waals surface area contributed by atoms with E-state index in [1.165, 1.54) is 10.4 Å². The molecular weight excluding hydrogens is 528 g/mol. The SMILES string of the molecule is CC(C)(C)c1ccc2c(c1)C1(CCN(CCC(F)(F)F)CC1)CN2S(=O)(=O)c1cc(Cl)sc1Cl. The number of rotatable bonds is 4. The van der Waals surface area contributed by atoms with Crippen LogP contribution in [0.3, 0.4) is 0 Å². The lowest BCUT2D eigenvalue weighted by molar-refractivity contribution is -0.138. The second-order valence-electron chi connectivity index (χ2n) is 10.2. The summed E-state index contributed by atoms with van der Waals surface area (Å²) in [5.41, 5.74) is 2.03. The first-order chi connectivity index (χ1) is 15.6. The van der Waals surface area contributed by atoms with Crippen LogP contribution < -0.4 is 4.31 Å². The number of halogens is 5. The predicted octanol–water partition coefficient (Wildman–Crippen LogP) is 6.85. The molecule has 188 valence electrons. The lowest BCUT2D eigenvalue weighted by Crippen LogP contribution is -2.46. The Kier molecular flexibility index (Phi) is 6.77. The van der Waals surface area contributed by atoms with Crippen molar-refractivity contribution in [1.29, 1.82) is 0 Å². The Balaban J connectivity index is 1.71. The Labute approximate surface area is 212 Å². The Bertz CT molecular complexity index is 1180. The highest BCUT2D eigenvalue weighted by molar-refractivity contribution is 7.93. The van der Waals surface area contributed by atoms with Gasteiger partial charge in [-0.25, -0.2) is 8.42 Å². The maximum Gasteiger partial charge on any atom is 0.390 e. The van der Waals surface area contributed by atoms with E-state index in [2.05, 4.69) is 26.8 Å². The lowest BCUT2D eigenvalue weighted by atomic mass is 9.72. The summed E-state index contributed by atoms with van der Waals surface area (Å²) in [5, 5.41) is 0. The minimum absolute atomic E-state index is 0.0188. The molecule has 0 unspecified atom stereocenters. The van der Waals surface area contributed by atoms with Crippen molar-refractivity contribution in [2.45, 2.75) is 61.9 Å². The lowest BCUT2D eigenvalue weighted by Gasteiger charge is -2.40. The van der Waals surface area contributed by atoms with Gasteiger partial charge in [-0.3, -0.25) is 4.31 Å². The summed E-state index contributed by atoms with van der Waals surface area (Å²) in [5.74, 6) is 0.